The number of nitrogens with zero attached hydrogens (tertiary/aromatic N) is 1. The molecular formula is C17H13NO3. The fourth-order valence-corrected chi connectivity index (χ4v) is 3.29. The van der Waals surface area contributed by atoms with E-state index in [1.165, 1.54) is 4.90 Å². The Balaban J connectivity index is 1.74. The van der Waals surface area contributed by atoms with E-state index in [9.17, 15) is 14.7 Å². The van der Waals surface area contributed by atoms with Gasteiger partial charge < -0.3 is 5.11 Å². The summed E-state index contributed by atoms with van der Waals surface area (Å²) in [7, 11) is 0. The van der Waals surface area contributed by atoms with Gasteiger partial charge in [0.1, 0.15) is 6.10 Å². The third-order valence-corrected chi connectivity index (χ3v) is 4.32. The van der Waals surface area contributed by atoms with Gasteiger partial charge in [0, 0.05) is 0 Å². The van der Waals surface area contributed by atoms with Crippen molar-refractivity contribution in [3.8, 4) is 0 Å². The van der Waals surface area contributed by atoms with E-state index in [0.717, 1.165) is 11.1 Å². The van der Waals surface area contributed by atoms with Crippen LogP contribution in [0.15, 0.2) is 48.5 Å². The van der Waals surface area contributed by atoms with E-state index >= 15 is 0 Å². The van der Waals surface area contributed by atoms with Gasteiger partial charge in [-0.1, -0.05) is 36.4 Å². The fourth-order valence-electron chi connectivity index (χ4n) is 3.29. The number of rotatable bonds is 1. The van der Waals surface area contributed by atoms with Crippen LogP contribution in [0.4, 0.5) is 0 Å². The van der Waals surface area contributed by atoms with Crippen LogP contribution in [0.2, 0.25) is 0 Å². The van der Waals surface area contributed by atoms with E-state index in [1.54, 1.807) is 24.3 Å². The van der Waals surface area contributed by atoms with Gasteiger partial charge in [-0.2, -0.15) is 0 Å². The molecule has 0 radical (unpaired) electrons. The molecule has 21 heavy (non-hydrogen) atoms. The molecule has 0 bridgehead atoms. The lowest BCUT2D eigenvalue weighted by molar-refractivity contribution is 0.0383. The van der Waals surface area contributed by atoms with E-state index in [-0.39, 0.29) is 11.8 Å². The molecule has 1 N–H and O–H groups in total. The van der Waals surface area contributed by atoms with Crippen LogP contribution in [0.25, 0.3) is 0 Å². The lowest BCUT2D eigenvalue weighted by atomic mass is 10.1. The zero-order valence-electron chi connectivity index (χ0n) is 11.2. The number of aliphatic hydroxyl groups is 1. The normalized spacial score (nSPS) is 23.4. The van der Waals surface area contributed by atoms with E-state index in [4.69, 9.17) is 0 Å². The number of hydrogen-bond donors (Lipinski definition) is 1. The van der Waals surface area contributed by atoms with Crippen molar-refractivity contribution in [3.05, 3.63) is 70.8 Å². The largest absolute Gasteiger partial charge is 0.386 e. The van der Waals surface area contributed by atoms with Gasteiger partial charge in [-0.05, 0) is 29.7 Å². The van der Waals surface area contributed by atoms with Crippen molar-refractivity contribution < 1.29 is 14.7 Å². The SMILES string of the molecule is O=C1c2ccccc2C(=O)N1C1Cc2ccccc2C1O. The lowest BCUT2D eigenvalue weighted by Crippen LogP contribution is -2.42. The number of imide groups is 1. The average Bonchev–Trinajstić information content (AvgIpc) is 2.96. The van der Waals surface area contributed by atoms with Crippen LogP contribution >= 0.6 is 0 Å². The van der Waals surface area contributed by atoms with Crippen molar-refractivity contribution in [2.75, 3.05) is 0 Å². The van der Waals surface area contributed by atoms with Crippen LogP contribution in [-0.2, 0) is 6.42 Å². The van der Waals surface area contributed by atoms with Crippen LogP contribution in [-0.4, -0.2) is 27.9 Å². The summed E-state index contributed by atoms with van der Waals surface area (Å²) in [6, 6.07) is 13.8. The Kier molecular flexibility index (Phi) is 2.50. The maximum Gasteiger partial charge on any atom is 0.261 e. The maximum atomic E-state index is 12.5. The van der Waals surface area contributed by atoms with Gasteiger partial charge in [0.2, 0.25) is 0 Å². The second kappa shape index (κ2) is 4.27. The third kappa shape index (κ3) is 1.59. The van der Waals surface area contributed by atoms with Crippen molar-refractivity contribution in [2.45, 2.75) is 18.6 Å². The Morgan fingerprint density at radius 1 is 0.905 bits per heavy atom. The minimum atomic E-state index is -0.816. The quantitative estimate of drug-likeness (QED) is 0.812. The number of benzene rings is 2. The summed E-state index contributed by atoms with van der Waals surface area (Å²) in [6.45, 7) is 0. The Morgan fingerprint density at radius 3 is 2.10 bits per heavy atom. The number of carbonyl (C=O) groups excluding carboxylic acids is 2. The van der Waals surface area contributed by atoms with E-state index in [0.29, 0.717) is 17.5 Å². The number of aliphatic hydroxyl groups excluding tert-OH is 1. The van der Waals surface area contributed by atoms with Gasteiger partial charge in [-0.25, -0.2) is 0 Å². The molecule has 0 fully saturated rings. The molecule has 2 amide bonds. The van der Waals surface area contributed by atoms with Crippen molar-refractivity contribution in [1.82, 2.24) is 4.90 Å². The van der Waals surface area contributed by atoms with Crippen LogP contribution in [0.1, 0.15) is 37.9 Å². The molecule has 4 rings (SSSR count). The topological polar surface area (TPSA) is 57.6 Å². The first-order chi connectivity index (χ1) is 10.2. The fraction of sp³-hybridized carbons (Fsp3) is 0.176. The predicted molar refractivity (Wildman–Crippen MR) is 75.8 cm³/mol. The molecule has 104 valence electrons. The van der Waals surface area contributed by atoms with Gasteiger partial charge in [-0.3, -0.25) is 14.5 Å². The lowest BCUT2D eigenvalue weighted by Gasteiger charge is -2.25. The molecule has 2 unspecified atom stereocenters. The van der Waals surface area contributed by atoms with Gasteiger partial charge >= 0.3 is 0 Å². The molecule has 2 atom stereocenters. The van der Waals surface area contributed by atoms with Gasteiger partial charge in [0.05, 0.1) is 17.2 Å². The average molecular weight is 279 g/mol. The molecule has 1 aliphatic carbocycles. The van der Waals surface area contributed by atoms with Crippen LogP contribution in [0.3, 0.4) is 0 Å². The monoisotopic (exact) mass is 279 g/mol. The van der Waals surface area contributed by atoms with Crippen LogP contribution < -0.4 is 0 Å². The highest BCUT2D eigenvalue weighted by Crippen LogP contribution is 2.37. The highest BCUT2D eigenvalue weighted by molar-refractivity contribution is 6.21. The molecule has 1 heterocycles. The maximum absolute atomic E-state index is 12.5. The first-order valence-electron chi connectivity index (χ1n) is 6.91. The van der Waals surface area contributed by atoms with Crippen molar-refractivity contribution in [1.29, 1.82) is 0 Å². The van der Waals surface area contributed by atoms with E-state index in [2.05, 4.69) is 0 Å². The Hall–Kier alpha value is -2.46. The van der Waals surface area contributed by atoms with Gasteiger partial charge in [0.25, 0.3) is 11.8 Å². The van der Waals surface area contributed by atoms with E-state index < -0.39 is 12.1 Å². The molecule has 2 aliphatic rings. The molecule has 1 aliphatic heterocycles. The van der Waals surface area contributed by atoms with E-state index in [1.807, 2.05) is 24.3 Å². The standard InChI is InChI=1S/C17H13NO3/c19-15-11-6-2-1-5-10(11)9-14(15)18-16(20)12-7-3-4-8-13(12)17(18)21/h1-8,14-15,19H,9H2. The molecule has 0 saturated carbocycles. The third-order valence-electron chi connectivity index (χ3n) is 4.32. The number of amides is 2. The Labute approximate surface area is 121 Å². The van der Waals surface area contributed by atoms with Gasteiger partial charge in [-0.15, -0.1) is 0 Å². The minimum absolute atomic E-state index is 0.313. The van der Waals surface area contributed by atoms with Crippen molar-refractivity contribution >= 4 is 11.8 Å². The van der Waals surface area contributed by atoms with Crippen LogP contribution in [0.5, 0.6) is 0 Å². The summed E-state index contributed by atoms with van der Waals surface area (Å²) in [4.78, 5) is 26.2. The zero-order valence-corrected chi connectivity index (χ0v) is 11.2. The van der Waals surface area contributed by atoms with Gasteiger partial charge in [0.15, 0.2) is 0 Å². The molecule has 4 nitrogen and oxygen atoms in total. The molecule has 0 aromatic heterocycles. The molecule has 2 aromatic rings. The summed E-state index contributed by atoms with van der Waals surface area (Å²) in [5, 5.41) is 10.5. The smallest absolute Gasteiger partial charge is 0.261 e. The highest BCUT2D eigenvalue weighted by Gasteiger charge is 2.45. The second-order valence-corrected chi connectivity index (χ2v) is 5.44. The Morgan fingerprint density at radius 2 is 1.48 bits per heavy atom. The number of hydrogen-bond acceptors (Lipinski definition) is 3. The summed E-state index contributed by atoms with van der Waals surface area (Å²) in [5.74, 6) is -0.625. The number of carbonyl (C=O) groups is 2. The summed E-state index contributed by atoms with van der Waals surface area (Å²) in [5.41, 5.74) is 2.64. The summed E-state index contributed by atoms with van der Waals surface area (Å²) >= 11 is 0. The molecule has 0 saturated heterocycles. The van der Waals surface area contributed by atoms with Crippen LogP contribution in [0, 0.1) is 0 Å². The molecule has 0 spiro atoms. The molecule has 4 heteroatoms. The Bertz CT molecular complexity index is 733. The summed E-state index contributed by atoms with van der Waals surface area (Å²) < 4.78 is 0. The first-order valence-corrected chi connectivity index (χ1v) is 6.91. The zero-order chi connectivity index (χ0) is 14.6. The minimum Gasteiger partial charge on any atom is -0.386 e. The highest BCUT2D eigenvalue weighted by atomic mass is 16.3. The second-order valence-electron chi connectivity index (χ2n) is 5.44. The summed E-state index contributed by atoms with van der Waals surface area (Å²) in [6.07, 6.45) is -0.313. The predicted octanol–water partition coefficient (Wildman–Crippen LogP) is 1.94. The number of fused-ring (bicyclic) bond motifs is 2. The molecule has 2 aromatic carbocycles. The van der Waals surface area contributed by atoms with Crippen molar-refractivity contribution in [3.63, 3.8) is 0 Å². The molecular weight excluding hydrogens is 266 g/mol. The van der Waals surface area contributed by atoms with Crippen molar-refractivity contribution in [2.24, 2.45) is 0 Å². The first kappa shape index (κ1) is 12.3.